The number of carbonyl (C=O) groups excluding carboxylic acids is 1. The summed E-state index contributed by atoms with van der Waals surface area (Å²) in [6, 6.07) is 4.72. The maximum atomic E-state index is 13.8. The van der Waals surface area contributed by atoms with Crippen molar-refractivity contribution in [3.63, 3.8) is 0 Å². The summed E-state index contributed by atoms with van der Waals surface area (Å²) in [6.45, 7) is 3.53. The number of hydrogen-bond acceptors (Lipinski definition) is 2. The van der Waals surface area contributed by atoms with Crippen LogP contribution < -0.4 is 4.74 Å². The van der Waals surface area contributed by atoms with Crippen molar-refractivity contribution in [2.45, 2.75) is 13.8 Å². The van der Waals surface area contributed by atoms with Gasteiger partial charge in [0.05, 0.1) is 18.2 Å². The maximum Gasteiger partial charge on any atom is 0.200 e. The van der Waals surface area contributed by atoms with Crippen molar-refractivity contribution in [2.75, 3.05) is 7.11 Å². The van der Waals surface area contributed by atoms with Gasteiger partial charge in [-0.1, -0.05) is 15.9 Å². The summed E-state index contributed by atoms with van der Waals surface area (Å²) in [5.41, 5.74) is 1.48. The normalized spacial score (nSPS) is 10.6. The molecule has 0 bridgehead atoms. The Labute approximate surface area is 129 Å². The van der Waals surface area contributed by atoms with Crippen LogP contribution in [0.2, 0.25) is 0 Å². The van der Waals surface area contributed by atoms with Gasteiger partial charge in [-0.25, -0.2) is 8.78 Å². The molecule has 0 saturated heterocycles. The minimum atomic E-state index is -0.890. The van der Waals surface area contributed by atoms with Crippen LogP contribution >= 0.6 is 15.9 Å². The fraction of sp³-hybridized carbons (Fsp3) is 0.188. The summed E-state index contributed by atoms with van der Waals surface area (Å²) in [4.78, 5) is 12.6. The van der Waals surface area contributed by atoms with Crippen molar-refractivity contribution in [3.8, 4) is 5.75 Å². The summed E-state index contributed by atoms with van der Waals surface area (Å²) in [7, 11) is 1.45. The molecule has 0 radical (unpaired) electrons. The average Bonchev–Trinajstić information content (AvgIpc) is 2.41. The molecule has 0 unspecified atom stereocenters. The zero-order chi connectivity index (χ0) is 15.7. The van der Waals surface area contributed by atoms with Crippen molar-refractivity contribution in [2.24, 2.45) is 0 Å². The highest BCUT2D eigenvalue weighted by Gasteiger charge is 2.23. The Morgan fingerprint density at radius 1 is 1.19 bits per heavy atom. The molecule has 0 aliphatic carbocycles. The van der Waals surface area contributed by atoms with Gasteiger partial charge in [-0.3, -0.25) is 4.79 Å². The Bertz CT molecular complexity index is 727. The number of methoxy groups -OCH3 is 1. The molecule has 0 heterocycles. The Morgan fingerprint density at radius 2 is 1.86 bits per heavy atom. The van der Waals surface area contributed by atoms with E-state index in [-0.39, 0.29) is 11.1 Å². The number of hydrogen-bond donors (Lipinski definition) is 0. The second-order valence-corrected chi connectivity index (χ2v) is 5.52. The van der Waals surface area contributed by atoms with Crippen LogP contribution in [0.25, 0.3) is 0 Å². The quantitative estimate of drug-likeness (QED) is 0.754. The number of rotatable bonds is 3. The molecule has 0 aliphatic rings. The van der Waals surface area contributed by atoms with Gasteiger partial charge in [0.25, 0.3) is 0 Å². The Kier molecular flexibility index (Phi) is 4.42. The van der Waals surface area contributed by atoms with Crippen molar-refractivity contribution < 1.29 is 18.3 Å². The molecule has 0 atom stereocenters. The molecule has 0 fully saturated rings. The highest BCUT2D eigenvalue weighted by molar-refractivity contribution is 9.10. The van der Waals surface area contributed by atoms with E-state index in [0.717, 1.165) is 22.2 Å². The fourth-order valence-corrected chi connectivity index (χ4v) is 2.74. The van der Waals surface area contributed by atoms with Crippen LogP contribution in [0.15, 0.2) is 28.7 Å². The lowest BCUT2D eigenvalue weighted by atomic mass is 9.95. The molecular formula is C16H13BrF2O2. The highest BCUT2D eigenvalue weighted by atomic mass is 79.9. The zero-order valence-corrected chi connectivity index (χ0v) is 13.3. The summed E-state index contributed by atoms with van der Waals surface area (Å²) in [5, 5.41) is 0. The summed E-state index contributed by atoms with van der Waals surface area (Å²) >= 11 is 3.37. The topological polar surface area (TPSA) is 26.3 Å². The molecule has 0 saturated carbocycles. The van der Waals surface area contributed by atoms with E-state index in [2.05, 4.69) is 15.9 Å². The van der Waals surface area contributed by atoms with E-state index < -0.39 is 17.4 Å². The lowest BCUT2D eigenvalue weighted by Crippen LogP contribution is -2.10. The predicted molar refractivity (Wildman–Crippen MR) is 80.0 cm³/mol. The third-order valence-electron chi connectivity index (χ3n) is 3.27. The van der Waals surface area contributed by atoms with Crippen molar-refractivity contribution in [1.82, 2.24) is 0 Å². The van der Waals surface area contributed by atoms with Crippen molar-refractivity contribution in [3.05, 3.63) is 62.6 Å². The van der Waals surface area contributed by atoms with Crippen molar-refractivity contribution >= 4 is 21.7 Å². The van der Waals surface area contributed by atoms with Crippen LogP contribution in [0.4, 0.5) is 8.78 Å². The molecule has 2 aromatic rings. The van der Waals surface area contributed by atoms with Gasteiger partial charge in [-0.15, -0.1) is 0 Å². The van der Waals surface area contributed by atoms with Crippen LogP contribution in [-0.4, -0.2) is 12.9 Å². The third-order valence-corrected chi connectivity index (χ3v) is 4.09. The molecule has 0 aromatic heterocycles. The number of ketones is 1. The van der Waals surface area contributed by atoms with E-state index in [1.54, 1.807) is 13.8 Å². The average molecular weight is 355 g/mol. The summed E-state index contributed by atoms with van der Waals surface area (Å²) in [6.07, 6.45) is 0. The first-order valence-corrected chi connectivity index (χ1v) is 6.99. The zero-order valence-electron chi connectivity index (χ0n) is 11.8. The van der Waals surface area contributed by atoms with Gasteiger partial charge >= 0.3 is 0 Å². The number of benzene rings is 2. The van der Waals surface area contributed by atoms with Gasteiger partial charge in [0.2, 0.25) is 0 Å². The van der Waals surface area contributed by atoms with Crippen LogP contribution in [0, 0.1) is 25.5 Å². The summed E-state index contributed by atoms with van der Waals surface area (Å²) < 4.78 is 32.8. The first-order valence-electron chi connectivity index (χ1n) is 6.20. The molecule has 110 valence electrons. The Balaban J connectivity index is 2.68. The maximum absolute atomic E-state index is 13.8. The first kappa shape index (κ1) is 15.6. The second-order valence-electron chi connectivity index (χ2n) is 4.66. The predicted octanol–water partition coefficient (Wildman–Crippen LogP) is 4.58. The number of carbonyl (C=O) groups is 1. The standard InChI is InChI=1S/C16H13BrF2O2/c1-8-6-12(17)9(2)14(16(8)21-3)15(20)11-5-4-10(18)7-13(11)19/h4-7H,1-3H3. The number of ether oxygens (including phenoxy) is 1. The molecule has 0 N–H and O–H groups in total. The molecule has 21 heavy (non-hydrogen) atoms. The molecule has 0 amide bonds. The monoisotopic (exact) mass is 354 g/mol. The van der Waals surface area contributed by atoms with E-state index >= 15 is 0 Å². The summed E-state index contributed by atoms with van der Waals surface area (Å²) in [5.74, 6) is -1.76. The van der Waals surface area contributed by atoms with Gasteiger partial charge in [-0.05, 0) is 43.2 Å². The number of aryl methyl sites for hydroxylation is 1. The Morgan fingerprint density at radius 3 is 2.43 bits per heavy atom. The first-order chi connectivity index (χ1) is 9.86. The van der Waals surface area contributed by atoms with Crippen molar-refractivity contribution in [1.29, 1.82) is 0 Å². The van der Waals surface area contributed by atoms with E-state index in [1.807, 2.05) is 6.07 Å². The van der Waals surface area contributed by atoms with Gasteiger partial charge in [0, 0.05) is 10.5 Å². The molecule has 5 heteroatoms. The van der Waals surface area contributed by atoms with Gasteiger partial charge in [0.15, 0.2) is 5.78 Å². The molecule has 2 nitrogen and oxygen atoms in total. The third kappa shape index (κ3) is 2.83. The van der Waals surface area contributed by atoms with E-state index in [1.165, 1.54) is 7.11 Å². The molecule has 0 spiro atoms. The van der Waals surface area contributed by atoms with E-state index in [4.69, 9.17) is 4.74 Å². The molecule has 2 aromatic carbocycles. The Hall–Kier alpha value is -1.75. The highest BCUT2D eigenvalue weighted by Crippen LogP contribution is 2.34. The minimum absolute atomic E-state index is 0.185. The second kappa shape index (κ2) is 5.93. The molecule has 2 rings (SSSR count). The molecular weight excluding hydrogens is 342 g/mol. The van der Waals surface area contributed by atoms with E-state index in [0.29, 0.717) is 17.4 Å². The van der Waals surface area contributed by atoms with E-state index in [9.17, 15) is 13.6 Å². The van der Waals surface area contributed by atoms with Crippen LogP contribution in [0.1, 0.15) is 27.0 Å². The SMILES string of the molecule is COc1c(C)cc(Br)c(C)c1C(=O)c1ccc(F)cc1F. The molecule has 0 aliphatic heterocycles. The largest absolute Gasteiger partial charge is 0.496 e. The van der Waals surface area contributed by atoms with Gasteiger partial charge < -0.3 is 4.74 Å². The minimum Gasteiger partial charge on any atom is -0.496 e. The number of halogens is 3. The lowest BCUT2D eigenvalue weighted by Gasteiger charge is -2.15. The lowest BCUT2D eigenvalue weighted by molar-refractivity contribution is 0.103. The fourth-order valence-electron chi connectivity index (χ4n) is 2.20. The van der Waals surface area contributed by atoms with Crippen LogP contribution in [0.3, 0.4) is 0 Å². The van der Waals surface area contributed by atoms with Gasteiger partial charge in [-0.2, -0.15) is 0 Å². The van der Waals surface area contributed by atoms with Crippen LogP contribution in [0.5, 0.6) is 5.75 Å². The van der Waals surface area contributed by atoms with Crippen LogP contribution in [-0.2, 0) is 0 Å². The smallest absolute Gasteiger partial charge is 0.200 e. The van der Waals surface area contributed by atoms with Gasteiger partial charge in [0.1, 0.15) is 17.4 Å².